The van der Waals surface area contributed by atoms with Crippen molar-refractivity contribution in [2.75, 3.05) is 23.8 Å². The number of ketones is 1. The van der Waals surface area contributed by atoms with Crippen LogP contribution in [-0.2, 0) is 20.5 Å². The van der Waals surface area contributed by atoms with Crippen LogP contribution in [0.3, 0.4) is 0 Å². The fourth-order valence-corrected chi connectivity index (χ4v) is 7.87. The zero-order chi connectivity index (χ0) is 26.9. The van der Waals surface area contributed by atoms with Crippen LogP contribution in [-0.4, -0.2) is 41.7 Å². The lowest BCUT2D eigenvalue weighted by molar-refractivity contribution is -0.137. The number of hydrogen-bond donors (Lipinski definition) is 2. The van der Waals surface area contributed by atoms with E-state index >= 15 is 0 Å². The maximum Gasteiger partial charge on any atom is 0.251 e. The maximum absolute atomic E-state index is 14.7. The van der Waals surface area contributed by atoms with E-state index in [4.69, 9.17) is 16.3 Å². The van der Waals surface area contributed by atoms with Crippen molar-refractivity contribution in [3.63, 3.8) is 0 Å². The van der Waals surface area contributed by atoms with Crippen LogP contribution in [0.25, 0.3) is 0 Å². The van der Waals surface area contributed by atoms with Gasteiger partial charge in [0.1, 0.15) is 23.3 Å². The standard InChI is InChI=1S/C31H26ClN3O4/c1-2-16-39-19-9-5-8-18(17-19)27(36)25-24-14-7-15-35(24)31(21-11-6-12-22(32)26(21)34-29(31)38)30(25)20-10-3-4-13-23(20)33-28(30)37/h2-6,8-13,17,24-25H,1,7,14-16H2,(H,33,37)(H,34,38)/t24-,25-,30+,31+/m0/s1. The Kier molecular flexibility index (Phi) is 5.28. The molecule has 3 aromatic carbocycles. The summed E-state index contributed by atoms with van der Waals surface area (Å²) >= 11 is 6.60. The summed E-state index contributed by atoms with van der Waals surface area (Å²) in [4.78, 5) is 45.7. The average molecular weight is 540 g/mol. The zero-order valence-corrected chi connectivity index (χ0v) is 21.8. The van der Waals surface area contributed by atoms with E-state index in [2.05, 4.69) is 22.1 Å². The van der Waals surface area contributed by atoms with Gasteiger partial charge >= 0.3 is 0 Å². The molecule has 0 saturated carbocycles. The molecule has 7 nitrogen and oxygen atoms in total. The molecular weight excluding hydrogens is 514 g/mol. The van der Waals surface area contributed by atoms with E-state index in [1.165, 1.54) is 0 Å². The molecule has 4 aliphatic heterocycles. The SMILES string of the molecule is C=CCOc1cccc(C(=O)[C@@H]2[C@@H]3CCCN3[C@]3(C(=O)Nc4c(Cl)cccc43)[C@@]23C(=O)Nc2ccccc23)c1. The van der Waals surface area contributed by atoms with Crippen molar-refractivity contribution < 1.29 is 19.1 Å². The molecule has 0 bridgehead atoms. The van der Waals surface area contributed by atoms with Gasteiger partial charge in [-0.15, -0.1) is 0 Å². The van der Waals surface area contributed by atoms with Crippen LogP contribution in [0.4, 0.5) is 11.4 Å². The predicted octanol–water partition coefficient (Wildman–Crippen LogP) is 4.92. The molecule has 4 atom stereocenters. The zero-order valence-electron chi connectivity index (χ0n) is 21.1. The van der Waals surface area contributed by atoms with Crippen LogP contribution in [0.1, 0.15) is 34.3 Å². The van der Waals surface area contributed by atoms with Crippen molar-refractivity contribution in [3.05, 3.63) is 101 Å². The first-order chi connectivity index (χ1) is 19.0. The van der Waals surface area contributed by atoms with Gasteiger partial charge in [0, 0.05) is 22.9 Å². The van der Waals surface area contributed by atoms with Crippen molar-refractivity contribution in [2.45, 2.75) is 29.8 Å². The normalized spacial score (nSPS) is 28.2. The minimum Gasteiger partial charge on any atom is -0.490 e. The Morgan fingerprint density at radius 1 is 1.05 bits per heavy atom. The number of anilines is 2. The number of nitrogens with one attached hydrogen (secondary N) is 2. The fraction of sp³-hybridized carbons (Fsp3) is 0.258. The summed E-state index contributed by atoms with van der Waals surface area (Å²) in [6.07, 6.45) is 3.13. The van der Waals surface area contributed by atoms with Crippen molar-refractivity contribution >= 4 is 40.6 Å². The van der Waals surface area contributed by atoms with Crippen LogP contribution in [0.5, 0.6) is 5.75 Å². The Balaban J connectivity index is 1.52. The summed E-state index contributed by atoms with van der Waals surface area (Å²) in [5, 5.41) is 6.46. The monoisotopic (exact) mass is 539 g/mol. The lowest BCUT2D eigenvalue weighted by Gasteiger charge is -2.43. The number of rotatable bonds is 5. The molecule has 2 fully saturated rings. The first-order valence-corrected chi connectivity index (χ1v) is 13.5. The van der Waals surface area contributed by atoms with Gasteiger partial charge in [-0.25, -0.2) is 0 Å². The molecule has 0 aromatic heterocycles. The smallest absolute Gasteiger partial charge is 0.251 e. The van der Waals surface area contributed by atoms with Gasteiger partial charge in [-0.05, 0) is 49.2 Å². The second kappa shape index (κ2) is 8.53. The van der Waals surface area contributed by atoms with E-state index in [-0.39, 0.29) is 23.6 Å². The summed E-state index contributed by atoms with van der Waals surface area (Å²) in [7, 11) is 0. The van der Waals surface area contributed by atoms with Gasteiger partial charge in [-0.2, -0.15) is 0 Å². The van der Waals surface area contributed by atoms with Crippen LogP contribution >= 0.6 is 11.6 Å². The predicted molar refractivity (Wildman–Crippen MR) is 148 cm³/mol. The second-order valence-corrected chi connectivity index (χ2v) is 10.9. The summed E-state index contributed by atoms with van der Waals surface area (Å²) in [6.45, 7) is 4.57. The Morgan fingerprint density at radius 2 is 1.85 bits per heavy atom. The maximum atomic E-state index is 14.7. The molecule has 4 heterocycles. The van der Waals surface area contributed by atoms with E-state index in [1.54, 1.807) is 42.5 Å². The highest BCUT2D eigenvalue weighted by atomic mass is 35.5. The van der Waals surface area contributed by atoms with E-state index in [0.717, 1.165) is 6.42 Å². The largest absolute Gasteiger partial charge is 0.490 e. The first kappa shape index (κ1) is 24.1. The third-order valence-corrected chi connectivity index (χ3v) is 9.16. The molecule has 2 saturated heterocycles. The molecule has 7 rings (SSSR count). The fourth-order valence-electron chi connectivity index (χ4n) is 7.64. The van der Waals surface area contributed by atoms with Gasteiger partial charge in [0.25, 0.3) is 5.91 Å². The molecular formula is C31H26ClN3O4. The third-order valence-electron chi connectivity index (χ3n) is 8.85. The number of carbonyl (C=O) groups excluding carboxylic acids is 3. The number of ether oxygens (including phenoxy) is 1. The molecule has 8 heteroatoms. The van der Waals surface area contributed by atoms with Crippen LogP contribution in [0.2, 0.25) is 5.02 Å². The molecule has 0 unspecified atom stereocenters. The van der Waals surface area contributed by atoms with Gasteiger partial charge < -0.3 is 15.4 Å². The van der Waals surface area contributed by atoms with Gasteiger partial charge in [0.15, 0.2) is 5.78 Å². The summed E-state index contributed by atoms with van der Waals surface area (Å²) in [5.74, 6) is -1.16. The van der Waals surface area contributed by atoms with Gasteiger partial charge in [0.05, 0.1) is 16.6 Å². The molecule has 0 aliphatic carbocycles. The van der Waals surface area contributed by atoms with Crippen LogP contribution in [0, 0.1) is 5.92 Å². The quantitative estimate of drug-likeness (QED) is 0.355. The number of amides is 2. The second-order valence-electron chi connectivity index (χ2n) is 10.5. The Hall–Kier alpha value is -3.94. The number of nitrogens with zero attached hydrogens (tertiary/aromatic N) is 1. The minimum absolute atomic E-state index is 0.192. The molecule has 39 heavy (non-hydrogen) atoms. The topological polar surface area (TPSA) is 87.7 Å². The lowest BCUT2D eigenvalue weighted by atomic mass is 9.57. The molecule has 2 amide bonds. The van der Waals surface area contributed by atoms with E-state index in [9.17, 15) is 14.4 Å². The highest BCUT2D eigenvalue weighted by Gasteiger charge is 2.81. The van der Waals surface area contributed by atoms with Crippen molar-refractivity contribution in [1.82, 2.24) is 4.90 Å². The number of carbonyl (C=O) groups is 3. The molecule has 2 N–H and O–H groups in total. The Labute approximate surface area is 230 Å². The number of para-hydroxylation sites is 2. The molecule has 2 spiro atoms. The molecule has 4 aliphatic rings. The highest BCUT2D eigenvalue weighted by molar-refractivity contribution is 6.35. The summed E-state index contributed by atoms with van der Waals surface area (Å²) < 4.78 is 5.72. The molecule has 3 aromatic rings. The van der Waals surface area contributed by atoms with Gasteiger partial charge in [-0.1, -0.05) is 66.7 Å². The summed E-state index contributed by atoms with van der Waals surface area (Å²) in [6, 6.07) is 19.5. The summed E-state index contributed by atoms with van der Waals surface area (Å²) in [5.41, 5.74) is -0.105. The Morgan fingerprint density at radius 3 is 2.69 bits per heavy atom. The Bertz CT molecular complexity index is 1590. The van der Waals surface area contributed by atoms with Crippen LogP contribution in [0.15, 0.2) is 79.4 Å². The molecule has 0 radical (unpaired) electrons. The van der Waals surface area contributed by atoms with E-state index in [1.807, 2.05) is 30.3 Å². The number of hydrogen-bond acceptors (Lipinski definition) is 5. The van der Waals surface area contributed by atoms with Crippen molar-refractivity contribution in [1.29, 1.82) is 0 Å². The van der Waals surface area contributed by atoms with E-state index < -0.39 is 16.9 Å². The number of fused-ring (bicyclic) bond motifs is 7. The van der Waals surface area contributed by atoms with Crippen LogP contribution < -0.4 is 15.4 Å². The van der Waals surface area contributed by atoms with Crippen molar-refractivity contribution in [2.24, 2.45) is 5.92 Å². The van der Waals surface area contributed by atoms with Crippen molar-refractivity contribution in [3.8, 4) is 5.75 Å². The molecule has 196 valence electrons. The van der Waals surface area contributed by atoms with Gasteiger partial charge in [0.2, 0.25) is 5.91 Å². The first-order valence-electron chi connectivity index (χ1n) is 13.1. The number of Topliss-reactive ketones (excluding diaryl/α,β-unsaturated/α-hetero) is 1. The van der Waals surface area contributed by atoms with E-state index in [0.29, 0.717) is 58.4 Å². The number of halogens is 1. The average Bonchev–Trinajstić information content (AvgIpc) is 3.67. The third kappa shape index (κ3) is 2.89. The lowest BCUT2D eigenvalue weighted by Crippen LogP contribution is -2.62. The van der Waals surface area contributed by atoms with Gasteiger partial charge in [-0.3, -0.25) is 19.3 Å². The number of benzene rings is 3. The highest BCUT2D eigenvalue weighted by Crippen LogP contribution is 2.68. The minimum atomic E-state index is -1.51.